The molecule has 1 aliphatic rings. The monoisotopic (exact) mass is 296 g/mol. The van der Waals surface area contributed by atoms with Gasteiger partial charge in [-0.1, -0.05) is 24.3 Å². The summed E-state index contributed by atoms with van der Waals surface area (Å²) in [5.41, 5.74) is 3.30. The standard InChI is InChI=1S/C18H20N2O2/c1-12-9-10-16(18(22)20-12)17(21)19-11-14-7-4-6-13-5-2-3-8-15(13)14/h2-3,5,8-10,14H,4,6-7,11H2,1H3,(H,19,21)(H,20,22)/t14-/m1/s1. The number of rotatable bonds is 3. The van der Waals surface area contributed by atoms with Gasteiger partial charge in [-0.25, -0.2) is 0 Å². The van der Waals surface area contributed by atoms with Gasteiger partial charge >= 0.3 is 0 Å². The second-order valence-corrected chi connectivity index (χ2v) is 5.88. The molecule has 1 amide bonds. The Morgan fingerprint density at radius 1 is 1.27 bits per heavy atom. The van der Waals surface area contributed by atoms with Gasteiger partial charge in [-0.3, -0.25) is 9.59 Å². The van der Waals surface area contributed by atoms with Crippen LogP contribution in [0.3, 0.4) is 0 Å². The van der Waals surface area contributed by atoms with Crippen LogP contribution in [0.25, 0.3) is 0 Å². The van der Waals surface area contributed by atoms with Gasteiger partial charge in [0.2, 0.25) is 0 Å². The second-order valence-electron chi connectivity index (χ2n) is 5.88. The number of hydrogen-bond acceptors (Lipinski definition) is 2. The minimum Gasteiger partial charge on any atom is -0.351 e. The molecule has 0 saturated heterocycles. The zero-order chi connectivity index (χ0) is 15.5. The number of pyridine rings is 1. The average molecular weight is 296 g/mol. The van der Waals surface area contributed by atoms with Crippen LogP contribution in [0.4, 0.5) is 0 Å². The van der Waals surface area contributed by atoms with Crippen molar-refractivity contribution in [3.8, 4) is 0 Å². The summed E-state index contributed by atoms with van der Waals surface area (Å²) in [6.07, 6.45) is 3.32. The van der Waals surface area contributed by atoms with E-state index in [0.29, 0.717) is 12.5 Å². The quantitative estimate of drug-likeness (QED) is 0.914. The molecule has 4 nitrogen and oxygen atoms in total. The van der Waals surface area contributed by atoms with Gasteiger partial charge < -0.3 is 10.3 Å². The van der Waals surface area contributed by atoms with Crippen molar-refractivity contribution in [2.75, 3.05) is 6.54 Å². The molecule has 0 aliphatic heterocycles. The third kappa shape index (κ3) is 2.96. The summed E-state index contributed by atoms with van der Waals surface area (Å²) in [4.78, 5) is 26.7. The van der Waals surface area contributed by atoms with Gasteiger partial charge in [-0.2, -0.15) is 0 Å². The summed E-state index contributed by atoms with van der Waals surface area (Å²) in [6, 6.07) is 11.7. The van der Waals surface area contributed by atoms with Crippen LogP contribution >= 0.6 is 0 Å². The predicted octanol–water partition coefficient (Wildman–Crippen LogP) is 2.53. The van der Waals surface area contributed by atoms with Crippen molar-refractivity contribution in [3.63, 3.8) is 0 Å². The van der Waals surface area contributed by atoms with Crippen molar-refractivity contribution < 1.29 is 4.79 Å². The van der Waals surface area contributed by atoms with E-state index in [1.807, 2.05) is 6.07 Å². The van der Waals surface area contributed by atoms with Crippen molar-refractivity contribution in [2.45, 2.75) is 32.1 Å². The first-order valence-corrected chi connectivity index (χ1v) is 7.71. The summed E-state index contributed by atoms with van der Waals surface area (Å²) in [5.74, 6) is 0.0303. The van der Waals surface area contributed by atoms with E-state index in [9.17, 15) is 9.59 Å². The zero-order valence-electron chi connectivity index (χ0n) is 12.7. The molecule has 2 aromatic rings. The molecular formula is C18H20N2O2. The van der Waals surface area contributed by atoms with E-state index in [1.54, 1.807) is 19.1 Å². The summed E-state index contributed by atoms with van der Waals surface area (Å²) < 4.78 is 0. The lowest BCUT2D eigenvalue weighted by Gasteiger charge is -2.25. The molecule has 22 heavy (non-hydrogen) atoms. The molecule has 4 heteroatoms. The van der Waals surface area contributed by atoms with Crippen LogP contribution in [-0.4, -0.2) is 17.4 Å². The maximum absolute atomic E-state index is 12.2. The Kier molecular flexibility index (Phi) is 4.09. The van der Waals surface area contributed by atoms with Gasteiger partial charge in [0.15, 0.2) is 0 Å². The molecule has 114 valence electrons. The molecule has 0 bridgehead atoms. The summed E-state index contributed by atoms with van der Waals surface area (Å²) in [6.45, 7) is 2.37. The highest BCUT2D eigenvalue weighted by molar-refractivity contribution is 5.93. The van der Waals surface area contributed by atoms with E-state index < -0.39 is 0 Å². The minimum atomic E-state index is -0.332. The second kappa shape index (κ2) is 6.18. The smallest absolute Gasteiger partial charge is 0.260 e. The van der Waals surface area contributed by atoms with Crippen molar-refractivity contribution in [1.82, 2.24) is 10.3 Å². The maximum Gasteiger partial charge on any atom is 0.260 e. The largest absolute Gasteiger partial charge is 0.351 e. The third-order valence-electron chi connectivity index (χ3n) is 4.30. The molecule has 3 rings (SSSR count). The van der Waals surface area contributed by atoms with Crippen molar-refractivity contribution >= 4 is 5.91 Å². The van der Waals surface area contributed by atoms with Crippen LogP contribution in [0, 0.1) is 6.92 Å². The fraction of sp³-hybridized carbons (Fsp3) is 0.333. The number of amides is 1. The van der Waals surface area contributed by atoms with Crippen LogP contribution in [0.2, 0.25) is 0 Å². The Morgan fingerprint density at radius 3 is 2.91 bits per heavy atom. The number of nitrogens with one attached hydrogen (secondary N) is 2. The Morgan fingerprint density at radius 2 is 2.09 bits per heavy atom. The van der Waals surface area contributed by atoms with Crippen LogP contribution in [0.1, 0.15) is 45.9 Å². The molecule has 1 heterocycles. The molecule has 2 N–H and O–H groups in total. The molecular weight excluding hydrogens is 276 g/mol. The Bertz CT molecular complexity index is 749. The van der Waals surface area contributed by atoms with E-state index >= 15 is 0 Å². The fourth-order valence-corrected chi connectivity index (χ4v) is 3.13. The van der Waals surface area contributed by atoms with Gasteiger partial charge in [0.1, 0.15) is 5.56 Å². The van der Waals surface area contributed by atoms with Gasteiger partial charge in [0.05, 0.1) is 0 Å². The third-order valence-corrected chi connectivity index (χ3v) is 4.30. The lowest BCUT2D eigenvalue weighted by molar-refractivity contribution is 0.0948. The van der Waals surface area contributed by atoms with Crippen LogP contribution in [0.15, 0.2) is 41.2 Å². The van der Waals surface area contributed by atoms with E-state index in [2.05, 4.69) is 28.5 Å². The number of H-pyrrole nitrogens is 1. The molecule has 0 unspecified atom stereocenters. The predicted molar refractivity (Wildman–Crippen MR) is 86.3 cm³/mol. The summed E-state index contributed by atoms with van der Waals surface area (Å²) in [7, 11) is 0. The number of hydrogen-bond donors (Lipinski definition) is 2. The van der Waals surface area contributed by atoms with Crippen LogP contribution in [0.5, 0.6) is 0 Å². The number of carbonyl (C=O) groups is 1. The maximum atomic E-state index is 12.2. The molecule has 1 aromatic heterocycles. The lowest BCUT2D eigenvalue weighted by Crippen LogP contribution is -2.33. The summed E-state index contributed by atoms with van der Waals surface area (Å²) in [5, 5.41) is 2.91. The average Bonchev–Trinajstić information content (AvgIpc) is 2.52. The number of benzene rings is 1. The number of aromatic amines is 1. The fourth-order valence-electron chi connectivity index (χ4n) is 3.13. The zero-order valence-corrected chi connectivity index (χ0v) is 12.7. The number of aryl methyl sites for hydroxylation is 2. The Labute approximate surface area is 129 Å². The Hall–Kier alpha value is -2.36. The van der Waals surface area contributed by atoms with Gasteiger partial charge in [0.25, 0.3) is 11.5 Å². The van der Waals surface area contributed by atoms with Gasteiger partial charge in [0, 0.05) is 18.2 Å². The Balaban J connectivity index is 1.71. The number of carbonyl (C=O) groups excluding carboxylic acids is 1. The lowest BCUT2D eigenvalue weighted by atomic mass is 9.83. The topological polar surface area (TPSA) is 62.0 Å². The normalized spacial score (nSPS) is 16.9. The molecule has 0 fully saturated rings. The highest BCUT2D eigenvalue weighted by atomic mass is 16.2. The number of aromatic nitrogens is 1. The van der Waals surface area contributed by atoms with E-state index in [1.165, 1.54) is 11.1 Å². The summed E-state index contributed by atoms with van der Waals surface area (Å²) >= 11 is 0. The highest BCUT2D eigenvalue weighted by Gasteiger charge is 2.20. The first kappa shape index (κ1) is 14.6. The van der Waals surface area contributed by atoms with Crippen molar-refractivity contribution in [2.24, 2.45) is 0 Å². The van der Waals surface area contributed by atoms with Crippen molar-refractivity contribution in [1.29, 1.82) is 0 Å². The van der Waals surface area contributed by atoms with E-state index in [4.69, 9.17) is 0 Å². The minimum absolute atomic E-state index is 0.176. The molecule has 1 aromatic carbocycles. The molecule has 0 saturated carbocycles. The molecule has 0 radical (unpaired) electrons. The SMILES string of the molecule is Cc1ccc(C(=O)NC[C@H]2CCCc3ccccc32)c(=O)[nH]1. The van der Waals surface area contributed by atoms with Gasteiger partial charge in [-0.15, -0.1) is 0 Å². The first-order valence-electron chi connectivity index (χ1n) is 7.71. The van der Waals surface area contributed by atoms with Crippen LogP contribution in [-0.2, 0) is 6.42 Å². The van der Waals surface area contributed by atoms with Gasteiger partial charge in [-0.05, 0) is 49.4 Å². The first-order chi connectivity index (χ1) is 10.6. The van der Waals surface area contributed by atoms with Crippen LogP contribution < -0.4 is 10.9 Å². The van der Waals surface area contributed by atoms with E-state index in [0.717, 1.165) is 25.0 Å². The molecule has 1 aliphatic carbocycles. The molecule has 1 atom stereocenters. The van der Waals surface area contributed by atoms with E-state index in [-0.39, 0.29) is 17.0 Å². The van der Waals surface area contributed by atoms with Crippen molar-refractivity contribution in [3.05, 3.63) is 69.1 Å². The number of fused-ring (bicyclic) bond motifs is 1. The molecule has 0 spiro atoms. The highest BCUT2D eigenvalue weighted by Crippen LogP contribution is 2.30.